The minimum absolute atomic E-state index is 0.0496. The Labute approximate surface area is 301 Å². The number of ether oxygens (including phenoxy) is 4. The average Bonchev–Trinajstić information content (AvgIpc) is 3.70. The molecule has 4 atom stereocenters. The molecule has 1 saturated carbocycles. The van der Waals surface area contributed by atoms with Crippen molar-refractivity contribution in [3.8, 4) is 11.5 Å². The molecule has 4 aromatic rings. The van der Waals surface area contributed by atoms with E-state index in [2.05, 4.69) is 10.1 Å². The van der Waals surface area contributed by atoms with Gasteiger partial charge in [0.25, 0.3) is 5.56 Å². The Morgan fingerprint density at radius 1 is 0.922 bits per heavy atom. The van der Waals surface area contributed by atoms with Gasteiger partial charge in [-0.15, -0.1) is 0 Å². The quantitative estimate of drug-likeness (QED) is 0.127. The van der Waals surface area contributed by atoms with E-state index in [1.54, 1.807) is 21.1 Å². The van der Waals surface area contributed by atoms with Gasteiger partial charge in [0.2, 0.25) is 0 Å². The number of benzene rings is 3. The molecule has 7 rings (SSSR count). The fourth-order valence-corrected chi connectivity index (χ4v) is 13.1. The summed E-state index contributed by atoms with van der Waals surface area (Å²) >= 11 is 1.44. The molecule has 1 aliphatic carbocycles. The van der Waals surface area contributed by atoms with Crippen LogP contribution in [0.25, 0.3) is 0 Å². The number of nitrogens with one attached hydrogen (secondary N) is 2. The highest BCUT2D eigenvalue weighted by molar-refractivity contribution is 8.57. The van der Waals surface area contributed by atoms with Gasteiger partial charge >= 0.3 is 12.4 Å². The van der Waals surface area contributed by atoms with Crippen molar-refractivity contribution in [2.45, 2.75) is 74.2 Å². The number of rotatable bonds is 11. The summed E-state index contributed by atoms with van der Waals surface area (Å²) in [5, 5.41) is 3.38. The van der Waals surface area contributed by atoms with E-state index in [0.717, 1.165) is 42.4 Å². The van der Waals surface area contributed by atoms with Crippen LogP contribution in [-0.4, -0.2) is 53.9 Å². The molecule has 2 aliphatic heterocycles. The predicted octanol–water partition coefficient (Wildman–Crippen LogP) is 6.69. The lowest BCUT2D eigenvalue weighted by Crippen LogP contribution is -2.41. The topological polar surface area (TPSA) is 130 Å². The molecule has 13 heteroatoms. The second-order valence-corrected chi connectivity index (χ2v) is 18.1. The monoisotopic (exact) mass is 733 g/mol. The van der Waals surface area contributed by atoms with Gasteiger partial charge in [0.1, 0.15) is 23.3 Å². The maximum Gasteiger partial charge on any atom is 0.330 e. The van der Waals surface area contributed by atoms with Crippen LogP contribution in [0, 0.1) is 6.92 Å². The zero-order valence-electron chi connectivity index (χ0n) is 29.0. The molecule has 1 unspecified atom stereocenters. The normalized spacial score (nSPS) is 24.5. The van der Waals surface area contributed by atoms with Crippen molar-refractivity contribution < 1.29 is 28.0 Å². The maximum absolute atomic E-state index is 14.4. The Balaban J connectivity index is 1.27. The van der Waals surface area contributed by atoms with Crippen LogP contribution in [-0.2, 0) is 24.2 Å². The smallest absolute Gasteiger partial charge is 0.330 e. The van der Waals surface area contributed by atoms with E-state index < -0.39 is 41.9 Å². The summed E-state index contributed by atoms with van der Waals surface area (Å²) in [5.74, 6) is 1.41. The number of hydrogen-bond acceptors (Lipinski definition) is 9. The minimum atomic E-state index is -3.34. The van der Waals surface area contributed by atoms with Gasteiger partial charge in [0.15, 0.2) is 0 Å². The SMILES string of the molecule is COc1ccc(C(OC[C@H]2O[C@@H](n3cc(C)c(=O)[nH]c3=O)C[C@@H]2NP2(=O)OCC3(CCCCC3)S2)(c2ccccc2)c2ccc(OC)cc2)cc1. The first-order valence-corrected chi connectivity index (χ1v) is 20.4. The Morgan fingerprint density at radius 3 is 2.14 bits per heavy atom. The zero-order valence-corrected chi connectivity index (χ0v) is 30.8. The van der Waals surface area contributed by atoms with Gasteiger partial charge in [-0.25, -0.2) is 9.88 Å². The van der Waals surface area contributed by atoms with Gasteiger partial charge in [-0.1, -0.05) is 73.9 Å². The third-order valence-corrected chi connectivity index (χ3v) is 15.0. The van der Waals surface area contributed by atoms with E-state index in [1.807, 2.05) is 78.9 Å². The lowest BCUT2D eigenvalue weighted by atomic mass is 9.80. The number of hydrogen-bond donors (Lipinski definition) is 2. The highest BCUT2D eigenvalue weighted by Gasteiger charge is 2.51. The van der Waals surface area contributed by atoms with Crippen LogP contribution in [0.5, 0.6) is 11.5 Å². The van der Waals surface area contributed by atoms with E-state index >= 15 is 0 Å². The zero-order chi connectivity index (χ0) is 35.6. The van der Waals surface area contributed by atoms with Gasteiger partial charge in [-0.05, 0) is 72.1 Å². The number of methoxy groups -OCH3 is 2. The van der Waals surface area contributed by atoms with Crippen LogP contribution in [0.15, 0.2) is 94.6 Å². The summed E-state index contributed by atoms with van der Waals surface area (Å²) in [6, 6.07) is 25.0. The van der Waals surface area contributed by atoms with Gasteiger partial charge < -0.3 is 23.5 Å². The second-order valence-electron chi connectivity index (χ2n) is 13.5. The Hall–Kier alpha value is -3.64. The number of aryl methyl sites for hydroxylation is 1. The van der Waals surface area contributed by atoms with Crippen molar-refractivity contribution in [1.29, 1.82) is 0 Å². The summed E-state index contributed by atoms with van der Waals surface area (Å²) in [4.78, 5) is 27.7. The standard InChI is InChI=1S/C38H44N3O8PS/c1-26-23-41(36(43)39-35(26)42)34-22-32(40-50(44)48-25-37(51-50)20-8-5-9-21-37)33(49-34)24-47-38(27-10-6-4-7-11-27,28-12-16-30(45-2)17-13-28)29-14-18-31(46-3)19-15-29/h4,6-7,10-19,23,32-34H,5,8-9,20-22,24-25H2,1-3H3,(H,40,44)(H,39,42,43)/t32-,33+,34+,50?/m0/s1. The van der Waals surface area contributed by atoms with Crippen LogP contribution >= 0.6 is 18.1 Å². The summed E-state index contributed by atoms with van der Waals surface area (Å²) in [7, 11) is 3.26. The second kappa shape index (κ2) is 14.8. The number of nitrogens with zero attached hydrogens (tertiary/aromatic N) is 1. The largest absolute Gasteiger partial charge is 0.497 e. The van der Waals surface area contributed by atoms with E-state index in [4.69, 9.17) is 23.5 Å². The fraction of sp³-hybridized carbons (Fsp3) is 0.421. The van der Waals surface area contributed by atoms with Crippen LogP contribution < -0.4 is 25.8 Å². The van der Waals surface area contributed by atoms with Crippen molar-refractivity contribution in [2.75, 3.05) is 27.4 Å². The molecule has 1 spiro atoms. The molecular formula is C38H44N3O8PS. The van der Waals surface area contributed by atoms with Crippen LogP contribution in [0.2, 0.25) is 0 Å². The Kier molecular flexibility index (Phi) is 10.4. The van der Waals surface area contributed by atoms with Gasteiger partial charge in [0.05, 0.1) is 38.3 Å². The molecule has 0 amide bonds. The van der Waals surface area contributed by atoms with Crippen molar-refractivity contribution in [3.63, 3.8) is 0 Å². The van der Waals surface area contributed by atoms with Crippen LogP contribution in [0.1, 0.15) is 67.0 Å². The average molecular weight is 734 g/mol. The summed E-state index contributed by atoms with van der Waals surface area (Å²) < 4.78 is 46.5. The number of H-pyrrole nitrogens is 1. The molecular weight excluding hydrogens is 689 g/mol. The molecule has 3 aromatic carbocycles. The van der Waals surface area contributed by atoms with Crippen LogP contribution in [0.4, 0.5) is 0 Å². The summed E-state index contributed by atoms with van der Waals surface area (Å²) in [6.07, 6.45) is 5.68. The third-order valence-electron chi connectivity index (χ3n) is 10.2. The lowest BCUT2D eigenvalue weighted by Gasteiger charge is -2.37. The van der Waals surface area contributed by atoms with Crippen molar-refractivity contribution in [2.24, 2.45) is 0 Å². The Bertz CT molecular complexity index is 1930. The molecule has 11 nitrogen and oxygen atoms in total. The number of aromatic nitrogens is 2. The Morgan fingerprint density at radius 2 is 1.53 bits per heavy atom. The highest BCUT2D eigenvalue weighted by Crippen LogP contribution is 2.70. The first-order valence-electron chi connectivity index (χ1n) is 17.4. The predicted molar refractivity (Wildman–Crippen MR) is 197 cm³/mol. The third kappa shape index (κ3) is 7.23. The van der Waals surface area contributed by atoms with Gasteiger partial charge in [-0.3, -0.25) is 18.9 Å². The van der Waals surface area contributed by atoms with Gasteiger partial charge in [-0.2, -0.15) is 0 Å². The molecule has 3 aliphatic rings. The maximum atomic E-state index is 14.4. The first kappa shape index (κ1) is 35.7. The summed E-state index contributed by atoms with van der Waals surface area (Å²) in [6.45, 7) is -1.21. The van der Waals surface area contributed by atoms with E-state index in [1.165, 1.54) is 28.6 Å². The molecule has 1 aromatic heterocycles. The molecule has 0 bridgehead atoms. The minimum Gasteiger partial charge on any atom is -0.497 e. The van der Waals surface area contributed by atoms with E-state index in [0.29, 0.717) is 30.1 Å². The molecule has 2 saturated heterocycles. The summed E-state index contributed by atoms with van der Waals surface area (Å²) in [5.41, 5.74) is 0.825. The molecule has 3 heterocycles. The molecule has 3 fully saturated rings. The van der Waals surface area contributed by atoms with E-state index in [-0.39, 0.29) is 11.4 Å². The molecule has 270 valence electrons. The fourth-order valence-electron chi connectivity index (χ4n) is 7.48. The molecule has 2 N–H and O–H groups in total. The first-order chi connectivity index (χ1) is 24.7. The number of aromatic amines is 1. The van der Waals surface area contributed by atoms with Gasteiger partial charge in [0, 0.05) is 24.2 Å². The molecule has 0 radical (unpaired) electrons. The molecule has 51 heavy (non-hydrogen) atoms. The lowest BCUT2D eigenvalue weighted by molar-refractivity contribution is -0.0805. The van der Waals surface area contributed by atoms with Crippen molar-refractivity contribution >= 4 is 18.1 Å². The van der Waals surface area contributed by atoms with Crippen molar-refractivity contribution in [3.05, 3.63) is 128 Å². The van der Waals surface area contributed by atoms with Crippen LogP contribution in [0.3, 0.4) is 0 Å². The van der Waals surface area contributed by atoms with E-state index in [9.17, 15) is 14.2 Å². The van der Waals surface area contributed by atoms with Crippen molar-refractivity contribution in [1.82, 2.24) is 14.6 Å². The highest BCUT2D eigenvalue weighted by atomic mass is 32.7.